The molecule has 0 radical (unpaired) electrons. The van der Waals surface area contributed by atoms with Crippen LogP contribution in [0.25, 0.3) is 11.0 Å². The van der Waals surface area contributed by atoms with E-state index in [1.807, 2.05) is 0 Å². The van der Waals surface area contributed by atoms with Crippen LogP contribution in [-0.4, -0.2) is 37.4 Å². The van der Waals surface area contributed by atoms with Gasteiger partial charge in [-0.15, -0.1) is 0 Å². The molecule has 1 fully saturated rings. The van der Waals surface area contributed by atoms with Gasteiger partial charge in [-0.2, -0.15) is 13.2 Å². The van der Waals surface area contributed by atoms with Gasteiger partial charge in [0.25, 0.3) is 0 Å². The maximum Gasteiger partial charge on any atom is 0.418 e. The van der Waals surface area contributed by atoms with Crippen molar-refractivity contribution in [3.8, 4) is 0 Å². The van der Waals surface area contributed by atoms with Crippen molar-refractivity contribution >= 4 is 51.8 Å². The molecule has 1 aliphatic rings. The van der Waals surface area contributed by atoms with Crippen LogP contribution in [0.5, 0.6) is 0 Å². The van der Waals surface area contributed by atoms with Gasteiger partial charge in [0.2, 0.25) is 11.8 Å². The number of nitrogens with two attached hydrogens (primary N) is 1. The van der Waals surface area contributed by atoms with Crippen molar-refractivity contribution in [1.82, 2.24) is 19.9 Å². The van der Waals surface area contributed by atoms with Gasteiger partial charge in [0.15, 0.2) is 0 Å². The Hall–Kier alpha value is -4.65. The maximum atomic E-state index is 13.4. The maximum absolute atomic E-state index is 13.4. The molecule has 40 heavy (non-hydrogen) atoms. The summed E-state index contributed by atoms with van der Waals surface area (Å²) in [6.07, 6.45) is -1.76. The Kier molecular flexibility index (Phi) is 6.62. The van der Waals surface area contributed by atoms with Crippen molar-refractivity contribution in [2.24, 2.45) is 11.1 Å². The highest BCUT2D eigenvalue weighted by Gasteiger charge is 2.66. The minimum absolute atomic E-state index is 0.0510. The molecule has 2 unspecified atom stereocenters. The number of imidazole rings is 1. The van der Waals surface area contributed by atoms with Crippen molar-refractivity contribution in [2.45, 2.75) is 25.2 Å². The lowest BCUT2D eigenvalue weighted by Gasteiger charge is -2.16. The molecule has 2 heterocycles. The summed E-state index contributed by atoms with van der Waals surface area (Å²) < 4.78 is 41.7. The largest absolute Gasteiger partial charge is 0.478 e. The summed E-state index contributed by atoms with van der Waals surface area (Å²) >= 11 is 5.72. The normalized spacial score (nSPS) is 18.4. The Bertz CT molecular complexity index is 1660. The monoisotopic (exact) mass is 572 g/mol. The van der Waals surface area contributed by atoms with Crippen LogP contribution in [0.1, 0.15) is 34.1 Å². The van der Waals surface area contributed by atoms with Crippen LogP contribution in [0.15, 0.2) is 61.1 Å². The lowest BCUT2D eigenvalue weighted by Crippen LogP contribution is -2.42. The number of carboxylic acids is 1. The summed E-state index contributed by atoms with van der Waals surface area (Å²) in [5.74, 6) is -2.55. The summed E-state index contributed by atoms with van der Waals surface area (Å²) in [4.78, 5) is 45.1. The number of anilines is 2. The first-order valence-corrected chi connectivity index (χ1v) is 12.1. The number of carbonyl (C=O) groups excluding carboxylic acids is 2. The first-order chi connectivity index (χ1) is 18.9. The third-order valence-corrected chi connectivity index (χ3v) is 6.98. The highest BCUT2D eigenvalue weighted by Crippen LogP contribution is 2.57. The lowest BCUT2D eigenvalue weighted by molar-refractivity contribution is -0.137. The summed E-state index contributed by atoms with van der Waals surface area (Å²) in [5.41, 5.74) is 4.61. The SMILES string of the molecule is NC(=O)C1(C(=O)NCc2ccc(Nc3ccc(Cl)cc3C(F)(F)F)cn2)CC1n1cnc2cc(C(=O)O)ccc21. The molecule has 0 aliphatic heterocycles. The summed E-state index contributed by atoms with van der Waals surface area (Å²) in [5, 5.41) is 14.4. The third kappa shape index (κ3) is 4.91. The number of nitrogens with zero attached hydrogens (tertiary/aromatic N) is 3. The van der Waals surface area contributed by atoms with Gasteiger partial charge in [-0.3, -0.25) is 14.6 Å². The van der Waals surface area contributed by atoms with Gasteiger partial charge in [-0.25, -0.2) is 9.78 Å². The van der Waals surface area contributed by atoms with Gasteiger partial charge in [0.05, 0.1) is 64.3 Å². The van der Waals surface area contributed by atoms with Crippen molar-refractivity contribution in [3.05, 3.63) is 82.9 Å². The number of halogens is 4. The summed E-state index contributed by atoms with van der Waals surface area (Å²) in [6, 6.07) is 10.1. The Morgan fingerprint density at radius 1 is 1.12 bits per heavy atom. The van der Waals surface area contributed by atoms with E-state index in [0.717, 1.165) is 6.07 Å². The highest BCUT2D eigenvalue weighted by atomic mass is 35.5. The number of amides is 2. The van der Waals surface area contributed by atoms with Crippen LogP contribution in [0, 0.1) is 5.41 Å². The molecule has 2 atom stereocenters. The predicted octanol–water partition coefficient (Wildman–Crippen LogP) is 4.28. The first-order valence-electron chi connectivity index (χ1n) is 11.8. The molecule has 2 aromatic heterocycles. The quantitative estimate of drug-likeness (QED) is 0.230. The van der Waals surface area contributed by atoms with Gasteiger partial charge in [0.1, 0.15) is 5.41 Å². The van der Waals surface area contributed by atoms with Crippen molar-refractivity contribution in [1.29, 1.82) is 0 Å². The molecule has 0 bridgehead atoms. The number of aromatic carboxylic acids is 1. The van der Waals surface area contributed by atoms with E-state index in [-0.39, 0.29) is 34.9 Å². The molecular weight excluding hydrogens is 553 g/mol. The van der Waals surface area contributed by atoms with E-state index in [1.165, 1.54) is 48.9 Å². The molecule has 4 aromatic rings. The van der Waals surface area contributed by atoms with E-state index < -0.39 is 41.0 Å². The number of hydrogen-bond acceptors (Lipinski definition) is 6. The average molecular weight is 573 g/mol. The summed E-state index contributed by atoms with van der Waals surface area (Å²) in [7, 11) is 0. The van der Waals surface area contributed by atoms with Crippen LogP contribution >= 0.6 is 11.6 Å². The smallest absolute Gasteiger partial charge is 0.418 e. The van der Waals surface area contributed by atoms with Gasteiger partial charge in [0, 0.05) is 5.02 Å². The van der Waals surface area contributed by atoms with Crippen LogP contribution < -0.4 is 16.4 Å². The number of nitrogens with one attached hydrogen (secondary N) is 2. The molecule has 2 aromatic carbocycles. The van der Waals surface area contributed by atoms with Gasteiger partial charge < -0.3 is 26.0 Å². The van der Waals surface area contributed by atoms with Crippen LogP contribution in [-0.2, 0) is 22.3 Å². The van der Waals surface area contributed by atoms with E-state index in [4.69, 9.17) is 17.3 Å². The highest BCUT2D eigenvalue weighted by molar-refractivity contribution is 6.30. The molecule has 1 aliphatic carbocycles. The third-order valence-electron chi connectivity index (χ3n) is 6.75. The minimum Gasteiger partial charge on any atom is -0.478 e. The second kappa shape index (κ2) is 9.83. The lowest BCUT2D eigenvalue weighted by atomic mass is 10.0. The second-order valence-corrected chi connectivity index (χ2v) is 9.69. The van der Waals surface area contributed by atoms with E-state index in [0.29, 0.717) is 16.7 Å². The number of benzene rings is 2. The predicted molar refractivity (Wildman–Crippen MR) is 138 cm³/mol. The molecule has 206 valence electrons. The van der Waals surface area contributed by atoms with E-state index in [1.54, 1.807) is 10.6 Å². The standard InChI is InChI=1S/C26H20ClF3N6O4/c27-14-2-5-18(17(8-14)26(28,29)30)35-16-4-3-15(32-11-16)10-33-24(40)25(23(31)39)9-21(25)36-12-34-19-7-13(22(37)38)1-6-20(19)36/h1-8,11-12,21,35H,9-10H2,(H2,31,39)(H,33,40)(H,37,38). The van der Waals surface area contributed by atoms with Crippen molar-refractivity contribution < 1.29 is 32.7 Å². The number of rotatable bonds is 8. The molecule has 5 rings (SSSR count). The fraction of sp³-hybridized carbons (Fsp3) is 0.192. The average Bonchev–Trinajstić information content (AvgIpc) is 3.53. The number of aromatic nitrogens is 3. The molecule has 0 spiro atoms. The number of alkyl halides is 3. The zero-order chi connectivity index (χ0) is 28.8. The zero-order valence-electron chi connectivity index (χ0n) is 20.4. The van der Waals surface area contributed by atoms with E-state index in [9.17, 15) is 32.7 Å². The number of carboxylic acid groups (broad SMARTS) is 1. The van der Waals surface area contributed by atoms with Crippen molar-refractivity contribution in [3.63, 3.8) is 0 Å². The number of carbonyl (C=O) groups is 3. The Morgan fingerprint density at radius 3 is 2.55 bits per heavy atom. The van der Waals surface area contributed by atoms with E-state index >= 15 is 0 Å². The van der Waals surface area contributed by atoms with Gasteiger partial charge in [-0.05, 0) is 55.0 Å². The van der Waals surface area contributed by atoms with Gasteiger partial charge >= 0.3 is 12.1 Å². The molecule has 0 saturated heterocycles. The molecular formula is C26H20ClF3N6O4. The molecule has 10 nitrogen and oxygen atoms in total. The Balaban J connectivity index is 1.27. The number of fused-ring (bicyclic) bond motifs is 1. The van der Waals surface area contributed by atoms with Crippen molar-refractivity contribution in [2.75, 3.05) is 5.32 Å². The number of pyridine rings is 1. The molecule has 5 N–H and O–H groups in total. The molecule has 2 amide bonds. The molecule has 14 heteroatoms. The Labute approximate surface area is 229 Å². The topological polar surface area (TPSA) is 152 Å². The van der Waals surface area contributed by atoms with E-state index in [2.05, 4.69) is 20.6 Å². The minimum atomic E-state index is -4.62. The number of hydrogen-bond donors (Lipinski definition) is 4. The van der Waals surface area contributed by atoms with Crippen LogP contribution in [0.4, 0.5) is 24.5 Å². The number of primary amides is 1. The summed E-state index contributed by atoms with van der Waals surface area (Å²) in [6.45, 7) is -0.0672. The van der Waals surface area contributed by atoms with Crippen LogP contribution in [0.3, 0.4) is 0 Å². The van der Waals surface area contributed by atoms with Gasteiger partial charge in [-0.1, -0.05) is 11.6 Å². The Morgan fingerprint density at radius 2 is 1.90 bits per heavy atom. The fourth-order valence-corrected chi connectivity index (χ4v) is 4.73. The zero-order valence-corrected chi connectivity index (χ0v) is 21.1. The van der Waals surface area contributed by atoms with Crippen LogP contribution in [0.2, 0.25) is 5.02 Å². The second-order valence-electron chi connectivity index (χ2n) is 9.25. The fourth-order valence-electron chi connectivity index (χ4n) is 4.56. The first kappa shape index (κ1) is 26.9. The molecule has 1 saturated carbocycles.